The van der Waals surface area contributed by atoms with Crippen molar-refractivity contribution >= 4 is 11.6 Å². The highest BCUT2D eigenvalue weighted by molar-refractivity contribution is 5.92. The van der Waals surface area contributed by atoms with Gasteiger partial charge in [0.15, 0.2) is 11.6 Å². The molecule has 0 radical (unpaired) electrons. The average molecular weight is 378 g/mol. The van der Waals surface area contributed by atoms with Crippen molar-refractivity contribution in [2.24, 2.45) is 28.6 Å². The Morgan fingerprint density at radius 2 is 1.96 bits per heavy atom. The van der Waals surface area contributed by atoms with E-state index in [2.05, 4.69) is 0 Å². The highest BCUT2D eigenvalue weighted by Crippen LogP contribution is 2.67. The number of carbonyl (C=O) groups is 2. The molecule has 3 saturated carbocycles. The van der Waals surface area contributed by atoms with E-state index in [0.29, 0.717) is 25.7 Å². The molecule has 4 aliphatic rings. The minimum absolute atomic E-state index is 0.0166. The van der Waals surface area contributed by atoms with Crippen molar-refractivity contribution in [3.8, 4) is 0 Å². The summed E-state index contributed by atoms with van der Waals surface area (Å²) in [6.45, 7) is 3.18. The van der Waals surface area contributed by atoms with Crippen molar-refractivity contribution in [3.63, 3.8) is 0 Å². The number of fused-ring (bicyclic) bond motifs is 5. The Kier molecular flexibility index (Phi) is 4.25. The van der Waals surface area contributed by atoms with Crippen LogP contribution in [0.2, 0.25) is 0 Å². The van der Waals surface area contributed by atoms with Gasteiger partial charge in [-0.05, 0) is 66.9 Å². The van der Waals surface area contributed by atoms with E-state index in [1.165, 1.54) is 0 Å². The maximum absolute atomic E-state index is 12.4. The Labute approximate surface area is 159 Å². The van der Waals surface area contributed by atoms with E-state index in [1.54, 1.807) is 6.08 Å². The molecule has 0 spiro atoms. The second-order valence-corrected chi connectivity index (χ2v) is 9.70. The molecule has 0 aromatic rings. The van der Waals surface area contributed by atoms with Crippen molar-refractivity contribution in [1.82, 2.24) is 0 Å². The van der Waals surface area contributed by atoms with Gasteiger partial charge >= 0.3 is 0 Å². The zero-order valence-electron chi connectivity index (χ0n) is 16.0. The van der Waals surface area contributed by atoms with E-state index in [4.69, 9.17) is 0 Å². The van der Waals surface area contributed by atoms with Crippen LogP contribution in [0.5, 0.6) is 0 Å². The molecule has 4 N–H and O–H groups in total. The van der Waals surface area contributed by atoms with Crippen LogP contribution >= 0.6 is 0 Å². The van der Waals surface area contributed by atoms with Crippen LogP contribution in [-0.2, 0) is 9.59 Å². The predicted molar refractivity (Wildman–Crippen MR) is 96.5 cm³/mol. The Balaban J connectivity index is 1.77. The molecule has 0 bridgehead atoms. The number of carbonyl (C=O) groups excluding carboxylic acids is 2. The molecule has 150 valence electrons. The van der Waals surface area contributed by atoms with E-state index in [9.17, 15) is 30.0 Å². The molecule has 4 rings (SSSR count). The molecule has 0 aromatic carbocycles. The first-order valence-electron chi connectivity index (χ1n) is 10.1. The number of hydrogen-bond donors (Lipinski definition) is 4. The van der Waals surface area contributed by atoms with Gasteiger partial charge in [-0.25, -0.2) is 0 Å². The maximum atomic E-state index is 12.4. The zero-order chi connectivity index (χ0) is 19.8. The van der Waals surface area contributed by atoms with Crippen LogP contribution in [-0.4, -0.2) is 56.4 Å². The summed E-state index contributed by atoms with van der Waals surface area (Å²) in [5.74, 6) is -0.713. The Morgan fingerprint density at radius 3 is 2.63 bits per heavy atom. The van der Waals surface area contributed by atoms with Gasteiger partial charge < -0.3 is 20.4 Å². The SMILES string of the molecule is C[C@]12CCC(=O)C=C1[C@H](O)C[C@@H]1[C@@H]2[C@H](O)C[C@]2(C)[C@H]1CC[C@]2(O)C(=O)CO. The molecule has 0 aromatic heterocycles. The number of aliphatic hydroxyl groups excluding tert-OH is 3. The molecule has 4 aliphatic carbocycles. The Morgan fingerprint density at radius 1 is 1.26 bits per heavy atom. The quantitative estimate of drug-likeness (QED) is 0.564. The van der Waals surface area contributed by atoms with Crippen LogP contribution in [0.15, 0.2) is 11.6 Å². The summed E-state index contributed by atoms with van der Waals surface area (Å²) in [5, 5.41) is 42.6. The van der Waals surface area contributed by atoms with Gasteiger partial charge in [0, 0.05) is 11.8 Å². The van der Waals surface area contributed by atoms with Gasteiger partial charge in [0.25, 0.3) is 0 Å². The number of ketones is 2. The molecule has 0 saturated heterocycles. The molecule has 6 heteroatoms. The van der Waals surface area contributed by atoms with Crippen LogP contribution in [0, 0.1) is 28.6 Å². The lowest BCUT2D eigenvalue weighted by Gasteiger charge is -2.61. The molecule has 6 nitrogen and oxygen atoms in total. The van der Waals surface area contributed by atoms with Gasteiger partial charge in [0.05, 0.1) is 12.2 Å². The second-order valence-electron chi connectivity index (χ2n) is 9.70. The van der Waals surface area contributed by atoms with Gasteiger partial charge in [-0.2, -0.15) is 0 Å². The summed E-state index contributed by atoms with van der Waals surface area (Å²) < 4.78 is 0. The first-order chi connectivity index (χ1) is 12.6. The molecule has 0 amide bonds. The van der Waals surface area contributed by atoms with Crippen molar-refractivity contribution in [2.45, 2.75) is 70.2 Å². The van der Waals surface area contributed by atoms with Crippen LogP contribution < -0.4 is 0 Å². The van der Waals surface area contributed by atoms with Gasteiger partial charge in [-0.3, -0.25) is 9.59 Å². The van der Waals surface area contributed by atoms with Crippen molar-refractivity contribution in [3.05, 3.63) is 11.6 Å². The largest absolute Gasteiger partial charge is 0.393 e. The lowest BCUT2D eigenvalue weighted by molar-refractivity contribution is -0.187. The Bertz CT molecular complexity index is 715. The topological polar surface area (TPSA) is 115 Å². The normalized spacial score (nSPS) is 51.9. The van der Waals surface area contributed by atoms with Crippen LogP contribution in [0.4, 0.5) is 0 Å². The number of hydrogen-bond acceptors (Lipinski definition) is 6. The summed E-state index contributed by atoms with van der Waals surface area (Å²) in [5.41, 5.74) is -2.17. The fourth-order valence-electron chi connectivity index (χ4n) is 7.33. The maximum Gasteiger partial charge on any atom is 0.190 e. The smallest absolute Gasteiger partial charge is 0.190 e. The zero-order valence-corrected chi connectivity index (χ0v) is 16.0. The third kappa shape index (κ3) is 2.33. The van der Waals surface area contributed by atoms with E-state index in [1.807, 2.05) is 13.8 Å². The number of aliphatic hydroxyl groups is 4. The van der Waals surface area contributed by atoms with E-state index in [0.717, 1.165) is 5.57 Å². The monoisotopic (exact) mass is 378 g/mol. The lowest BCUT2D eigenvalue weighted by atomic mass is 9.45. The van der Waals surface area contributed by atoms with E-state index < -0.39 is 41.0 Å². The van der Waals surface area contributed by atoms with Gasteiger partial charge in [0.1, 0.15) is 12.2 Å². The minimum atomic E-state index is -1.64. The third-order valence-corrected chi connectivity index (χ3v) is 8.67. The highest BCUT2D eigenvalue weighted by atomic mass is 16.3. The molecule has 8 atom stereocenters. The fourth-order valence-corrected chi connectivity index (χ4v) is 7.33. The first-order valence-corrected chi connectivity index (χ1v) is 10.1. The molecule has 0 heterocycles. The highest BCUT2D eigenvalue weighted by Gasteiger charge is 2.68. The molecular weight excluding hydrogens is 348 g/mol. The first kappa shape index (κ1) is 19.2. The lowest BCUT2D eigenvalue weighted by Crippen LogP contribution is -2.63. The van der Waals surface area contributed by atoms with Gasteiger partial charge in [-0.15, -0.1) is 0 Å². The summed E-state index contributed by atoms with van der Waals surface area (Å²) in [6, 6.07) is 0. The predicted octanol–water partition coefficient (Wildman–Crippen LogP) is 0.752. The van der Waals surface area contributed by atoms with Crippen molar-refractivity contribution < 1.29 is 30.0 Å². The van der Waals surface area contributed by atoms with Crippen molar-refractivity contribution in [1.29, 1.82) is 0 Å². The van der Waals surface area contributed by atoms with Gasteiger partial charge in [0.2, 0.25) is 0 Å². The van der Waals surface area contributed by atoms with Gasteiger partial charge in [-0.1, -0.05) is 13.8 Å². The van der Waals surface area contributed by atoms with E-state index >= 15 is 0 Å². The number of Topliss-reactive ketones (excluding diaryl/α,β-unsaturated/α-hetero) is 1. The minimum Gasteiger partial charge on any atom is -0.393 e. The van der Waals surface area contributed by atoms with E-state index in [-0.39, 0.29) is 36.4 Å². The molecular formula is C21H30O6. The molecule has 0 aliphatic heterocycles. The number of rotatable bonds is 2. The van der Waals surface area contributed by atoms with Crippen molar-refractivity contribution in [2.75, 3.05) is 6.61 Å². The summed E-state index contributed by atoms with van der Waals surface area (Å²) in [7, 11) is 0. The Hall–Kier alpha value is -1.08. The summed E-state index contributed by atoms with van der Waals surface area (Å²) in [6.07, 6.45) is 2.75. The second kappa shape index (κ2) is 5.96. The fraction of sp³-hybridized carbons (Fsp3) is 0.810. The molecule has 27 heavy (non-hydrogen) atoms. The average Bonchev–Trinajstić information content (AvgIpc) is 2.87. The summed E-state index contributed by atoms with van der Waals surface area (Å²) in [4.78, 5) is 24.3. The molecule has 0 unspecified atom stereocenters. The van der Waals surface area contributed by atoms with Crippen LogP contribution in [0.3, 0.4) is 0 Å². The van der Waals surface area contributed by atoms with Crippen LogP contribution in [0.25, 0.3) is 0 Å². The third-order valence-electron chi connectivity index (χ3n) is 8.67. The standard InChI is InChI=1S/C21H30O6/c1-19-5-3-11(23)7-14(19)15(24)8-12-13-4-6-21(27,17(26)10-22)20(13,2)9-16(25)18(12)19/h7,12-13,15-16,18,22,24-25,27H,3-6,8-10H2,1-2H3/t12-,13-,15+,16+,18+,19-,20+,21-/m0/s1. The van der Waals surface area contributed by atoms with Crippen LogP contribution in [0.1, 0.15) is 52.4 Å². The summed E-state index contributed by atoms with van der Waals surface area (Å²) >= 11 is 0. The molecule has 3 fully saturated rings.